The SMILES string of the molecule is N[C@@H](CC(=O)O)C(=O)N[C@@H](Cc1ccccc1)C(=O)N[C@@H](Cc1ccc(O)cc1)C(=O)N[C@@H](CO)C(=O)N1CCC[C@H]1C(=O)O. The molecule has 1 fully saturated rings. The number of phenols is 1. The van der Waals surface area contributed by atoms with E-state index in [1.54, 1.807) is 30.3 Å². The van der Waals surface area contributed by atoms with Gasteiger partial charge in [-0.2, -0.15) is 0 Å². The van der Waals surface area contributed by atoms with Crippen LogP contribution in [0, 0.1) is 0 Å². The van der Waals surface area contributed by atoms with Gasteiger partial charge >= 0.3 is 11.9 Å². The van der Waals surface area contributed by atoms with Crippen LogP contribution in [0.5, 0.6) is 5.75 Å². The van der Waals surface area contributed by atoms with Gasteiger partial charge in [-0.15, -0.1) is 0 Å². The first-order chi connectivity index (χ1) is 21.4. The fourth-order valence-corrected chi connectivity index (χ4v) is 4.91. The van der Waals surface area contributed by atoms with Crippen LogP contribution in [0.25, 0.3) is 0 Å². The number of carbonyl (C=O) groups excluding carboxylic acids is 4. The lowest BCUT2D eigenvalue weighted by Crippen LogP contribution is -2.60. The normalized spacial score (nSPS) is 16.9. The number of aliphatic carboxylic acids is 2. The number of rotatable bonds is 15. The number of nitrogens with two attached hydrogens (primary N) is 1. The molecule has 0 spiro atoms. The zero-order valence-electron chi connectivity index (χ0n) is 24.3. The number of aliphatic hydroxyl groups excluding tert-OH is 1. The summed E-state index contributed by atoms with van der Waals surface area (Å²) in [7, 11) is 0. The summed E-state index contributed by atoms with van der Waals surface area (Å²) in [4.78, 5) is 76.7. The number of benzene rings is 2. The average molecular weight is 628 g/mol. The van der Waals surface area contributed by atoms with E-state index in [0.717, 1.165) is 4.90 Å². The molecule has 0 aromatic heterocycles. The van der Waals surface area contributed by atoms with Crippen LogP contribution in [0.3, 0.4) is 0 Å². The topological polar surface area (TPSA) is 249 Å². The zero-order valence-corrected chi connectivity index (χ0v) is 24.3. The van der Waals surface area contributed by atoms with Crippen LogP contribution in [0.15, 0.2) is 54.6 Å². The predicted octanol–water partition coefficient (Wildman–Crippen LogP) is -1.50. The Kier molecular flexibility index (Phi) is 12.4. The summed E-state index contributed by atoms with van der Waals surface area (Å²) in [6, 6.07) is 7.58. The number of carboxylic acids is 2. The van der Waals surface area contributed by atoms with Crippen molar-refractivity contribution in [3.05, 3.63) is 65.7 Å². The molecule has 4 amide bonds. The first-order valence-electron chi connectivity index (χ1n) is 14.2. The number of carbonyl (C=O) groups is 6. The highest BCUT2D eigenvalue weighted by atomic mass is 16.4. The molecular weight excluding hydrogens is 590 g/mol. The first-order valence-corrected chi connectivity index (χ1v) is 14.2. The second-order valence-corrected chi connectivity index (χ2v) is 10.7. The van der Waals surface area contributed by atoms with E-state index in [2.05, 4.69) is 16.0 Å². The summed E-state index contributed by atoms with van der Waals surface area (Å²) in [6.45, 7) is -0.720. The molecule has 0 unspecified atom stereocenters. The monoisotopic (exact) mass is 627 g/mol. The third kappa shape index (κ3) is 10.0. The Hall–Kier alpha value is -5.02. The molecule has 0 bridgehead atoms. The summed E-state index contributed by atoms with van der Waals surface area (Å²) in [6.07, 6.45) is -0.227. The van der Waals surface area contributed by atoms with Crippen molar-refractivity contribution in [3.8, 4) is 5.75 Å². The molecular formula is C30H37N5O10. The minimum atomic E-state index is -1.51. The molecule has 1 aliphatic rings. The standard InChI is InChI=1S/C30H37N5O10/c31-20(15-25(38)39)26(40)32-21(13-17-5-2-1-3-6-17)27(41)33-22(14-18-8-10-19(37)11-9-18)28(42)34-23(16-36)29(43)35-12-4-7-24(35)30(44)45/h1-3,5-6,8-11,20-24,36-37H,4,7,12-16,31H2,(H,32,40)(H,33,41)(H,34,42)(H,38,39)(H,44,45)/t20-,21-,22-,23-,24-/m0/s1. The van der Waals surface area contributed by atoms with Crippen LogP contribution in [0.2, 0.25) is 0 Å². The van der Waals surface area contributed by atoms with Crippen LogP contribution in [0.1, 0.15) is 30.4 Å². The van der Waals surface area contributed by atoms with Crippen molar-refractivity contribution in [3.63, 3.8) is 0 Å². The quantitative estimate of drug-likeness (QED) is 0.113. The predicted molar refractivity (Wildman–Crippen MR) is 157 cm³/mol. The molecule has 3 rings (SSSR count). The van der Waals surface area contributed by atoms with Crippen molar-refractivity contribution >= 4 is 35.6 Å². The molecule has 2 aromatic rings. The summed E-state index contributed by atoms with van der Waals surface area (Å²) in [5, 5.41) is 45.5. The van der Waals surface area contributed by atoms with Gasteiger partial charge in [-0.1, -0.05) is 42.5 Å². The number of hydrogen-bond donors (Lipinski definition) is 8. The van der Waals surface area contributed by atoms with Crippen molar-refractivity contribution < 1.29 is 49.2 Å². The van der Waals surface area contributed by atoms with E-state index >= 15 is 0 Å². The summed E-state index contributed by atoms with van der Waals surface area (Å²) < 4.78 is 0. The molecule has 15 heteroatoms. The lowest BCUT2D eigenvalue weighted by Gasteiger charge is -2.28. The fourth-order valence-electron chi connectivity index (χ4n) is 4.91. The third-order valence-electron chi connectivity index (χ3n) is 7.27. The lowest BCUT2D eigenvalue weighted by atomic mass is 10.0. The number of aromatic hydroxyl groups is 1. The summed E-state index contributed by atoms with van der Waals surface area (Å²) in [5.41, 5.74) is 6.83. The second kappa shape index (κ2) is 16.2. The maximum Gasteiger partial charge on any atom is 0.326 e. The molecule has 1 aliphatic heterocycles. The number of nitrogens with one attached hydrogen (secondary N) is 3. The van der Waals surface area contributed by atoms with E-state index in [1.165, 1.54) is 24.3 Å². The molecule has 1 saturated heterocycles. The smallest absolute Gasteiger partial charge is 0.326 e. The number of nitrogens with zero attached hydrogens (tertiary/aromatic N) is 1. The van der Waals surface area contributed by atoms with E-state index in [4.69, 9.17) is 10.8 Å². The molecule has 5 atom stereocenters. The Morgan fingerprint density at radius 3 is 1.87 bits per heavy atom. The number of carboxylic acid groups (broad SMARTS) is 2. The number of likely N-dealkylation sites (tertiary alicyclic amines) is 1. The van der Waals surface area contributed by atoms with E-state index in [-0.39, 0.29) is 31.6 Å². The molecule has 9 N–H and O–H groups in total. The van der Waals surface area contributed by atoms with Gasteiger partial charge in [0.1, 0.15) is 29.9 Å². The lowest BCUT2D eigenvalue weighted by molar-refractivity contribution is -0.150. The number of amides is 4. The fraction of sp³-hybridized carbons (Fsp3) is 0.400. The van der Waals surface area contributed by atoms with Crippen LogP contribution in [-0.2, 0) is 41.6 Å². The van der Waals surface area contributed by atoms with Gasteiger partial charge in [-0.05, 0) is 36.1 Å². The maximum atomic E-state index is 13.6. The van der Waals surface area contributed by atoms with Gasteiger partial charge in [-0.3, -0.25) is 24.0 Å². The highest BCUT2D eigenvalue weighted by Crippen LogP contribution is 2.19. The highest BCUT2D eigenvalue weighted by Gasteiger charge is 2.38. The van der Waals surface area contributed by atoms with Crippen molar-refractivity contribution in [1.82, 2.24) is 20.9 Å². The average Bonchev–Trinajstić information content (AvgIpc) is 3.50. The minimum absolute atomic E-state index is 0.0448. The summed E-state index contributed by atoms with van der Waals surface area (Å²) >= 11 is 0. The van der Waals surface area contributed by atoms with E-state index in [1.807, 2.05) is 0 Å². The Labute approximate surface area is 258 Å². The zero-order chi connectivity index (χ0) is 33.1. The molecule has 45 heavy (non-hydrogen) atoms. The minimum Gasteiger partial charge on any atom is -0.508 e. The van der Waals surface area contributed by atoms with Crippen LogP contribution >= 0.6 is 0 Å². The highest BCUT2D eigenvalue weighted by molar-refractivity contribution is 5.96. The van der Waals surface area contributed by atoms with Crippen molar-refractivity contribution in [2.24, 2.45) is 5.73 Å². The molecule has 2 aromatic carbocycles. The van der Waals surface area contributed by atoms with Crippen LogP contribution in [-0.4, -0.2) is 104 Å². The second-order valence-electron chi connectivity index (χ2n) is 10.7. The molecule has 1 heterocycles. The molecule has 0 radical (unpaired) electrons. The largest absolute Gasteiger partial charge is 0.508 e. The van der Waals surface area contributed by atoms with Crippen LogP contribution < -0.4 is 21.7 Å². The van der Waals surface area contributed by atoms with Gasteiger partial charge < -0.3 is 47.0 Å². The van der Waals surface area contributed by atoms with Gasteiger partial charge in [0.15, 0.2) is 0 Å². The number of hydrogen-bond acceptors (Lipinski definition) is 9. The Morgan fingerprint density at radius 2 is 1.33 bits per heavy atom. The Bertz CT molecular complexity index is 1370. The van der Waals surface area contributed by atoms with E-state index in [0.29, 0.717) is 17.5 Å². The Morgan fingerprint density at radius 1 is 0.800 bits per heavy atom. The molecule has 0 aliphatic carbocycles. The third-order valence-corrected chi connectivity index (χ3v) is 7.27. The molecule has 15 nitrogen and oxygen atoms in total. The van der Waals surface area contributed by atoms with Gasteiger partial charge in [0.25, 0.3) is 0 Å². The van der Waals surface area contributed by atoms with Gasteiger partial charge in [0, 0.05) is 19.4 Å². The van der Waals surface area contributed by atoms with Crippen LogP contribution in [0.4, 0.5) is 0 Å². The Balaban J connectivity index is 1.85. The molecule has 0 saturated carbocycles. The van der Waals surface area contributed by atoms with Crippen molar-refractivity contribution in [2.75, 3.05) is 13.2 Å². The molecule has 242 valence electrons. The summed E-state index contributed by atoms with van der Waals surface area (Å²) in [5.74, 6) is -5.99. The van der Waals surface area contributed by atoms with Gasteiger partial charge in [0.05, 0.1) is 19.1 Å². The van der Waals surface area contributed by atoms with Crippen molar-refractivity contribution in [1.29, 1.82) is 0 Å². The van der Waals surface area contributed by atoms with E-state index in [9.17, 15) is 44.1 Å². The number of aliphatic hydroxyl groups is 1. The number of phenolic OH excluding ortho intramolecular Hbond substituents is 1. The van der Waals surface area contributed by atoms with Crippen molar-refractivity contribution in [2.45, 2.75) is 62.3 Å². The first kappa shape index (κ1) is 34.5. The van der Waals surface area contributed by atoms with Gasteiger partial charge in [0.2, 0.25) is 23.6 Å². The van der Waals surface area contributed by atoms with E-state index < -0.39 is 78.8 Å². The maximum absolute atomic E-state index is 13.6. The van der Waals surface area contributed by atoms with Gasteiger partial charge in [-0.25, -0.2) is 4.79 Å².